The van der Waals surface area contributed by atoms with Crippen LogP contribution in [0, 0.1) is 0 Å². The number of oxazole rings is 1. The quantitative estimate of drug-likeness (QED) is 0.736. The van der Waals surface area contributed by atoms with Crippen molar-refractivity contribution in [2.45, 2.75) is 19.8 Å². The summed E-state index contributed by atoms with van der Waals surface area (Å²) in [5.41, 5.74) is 0.706. The summed E-state index contributed by atoms with van der Waals surface area (Å²) in [6.45, 7) is 1.97. The van der Waals surface area contributed by atoms with Crippen LogP contribution in [0.1, 0.15) is 28.9 Å². The molecule has 0 bridgehead atoms. The summed E-state index contributed by atoms with van der Waals surface area (Å²) in [7, 11) is 0. The maximum absolute atomic E-state index is 11.8. The second kappa shape index (κ2) is 4.75. The third kappa shape index (κ3) is 2.37. The number of carbonyl (C=O) groups excluding carboxylic acids is 1. The molecule has 1 heterocycles. The van der Waals surface area contributed by atoms with Crippen molar-refractivity contribution in [3.05, 3.63) is 53.7 Å². The summed E-state index contributed by atoms with van der Waals surface area (Å²) in [4.78, 5) is 15.9. The number of ketones is 1. The molecule has 0 saturated carbocycles. The molecule has 1 aromatic carbocycles. The predicted molar refractivity (Wildman–Crippen MR) is 60.4 cm³/mol. The molecule has 3 nitrogen and oxygen atoms in total. The third-order valence-electron chi connectivity index (χ3n) is 2.33. The van der Waals surface area contributed by atoms with Crippen LogP contribution in [0.5, 0.6) is 0 Å². The van der Waals surface area contributed by atoms with E-state index in [1.807, 2.05) is 25.1 Å². The fourth-order valence-electron chi connectivity index (χ4n) is 1.48. The summed E-state index contributed by atoms with van der Waals surface area (Å²) in [5.74, 6) is 1.36. The van der Waals surface area contributed by atoms with E-state index in [9.17, 15) is 4.79 Å². The number of aromatic nitrogens is 1. The van der Waals surface area contributed by atoms with E-state index >= 15 is 0 Å². The van der Waals surface area contributed by atoms with Crippen molar-refractivity contribution in [2.24, 2.45) is 0 Å². The lowest BCUT2D eigenvalue weighted by Crippen LogP contribution is -2.02. The van der Waals surface area contributed by atoms with Crippen LogP contribution < -0.4 is 0 Å². The highest BCUT2D eigenvalue weighted by Crippen LogP contribution is 2.09. The number of rotatable bonds is 4. The Hall–Kier alpha value is -1.90. The van der Waals surface area contributed by atoms with Gasteiger partial charge < -0.3 is 4.42 Å². The number of benzene rings is 1. The van der Waals surface area contributed by atoms with Gasteiger partial charge in [0.05, 0.1) is 12.6 Å². The van der Waals surface area contributed by atoms with E-state index in [1.54, 1.807) is 18.3 Å². The number of aryl methyl sites for hydroxylation is 1. The first-order valence-electron chi connectivity index (χ1n) is 5.31. The first kappa shape index (κ1) is 10.6. The molecule has 3 heteroatoms. The second-order valence-corrected chi connectivity index (χ2v) is 3.54. The Kier molecular flexibility index (Phi) is 3.15. The van der Waals surface area contributed by atoms with Crippen LogP contribution in [-0.4, -0.2) is 10.8 Å². The molecule has 2 rings (SSSR count). The van der Waals surface area contributed by atoms with Gasteiger partial charge in [-0.1, -0.05) is 37.3 Å². The summed E-state index contributed by atoms with van der Waals surface area (Å²) >= 11 is 0. The molecule has 16 heavy (non-hydrogen) atoms. The minimum atomic E-state index is 0.0550. The van der Waals surface area contributed by atoms with Gasteiger partial charge in [-0.05, 0) is 0 Å². The fourth-order valence-corrected chi connectivity index (χ4v) is 1.48. The molecule has 0 amide bonds. The molecule has 0 atom stereocenters. The molecule has 0 spiro atoms. The average molecular weight is 215 g/mol. The van der Waals surface area contributed by atoms with E-state index in [4.69, 9.17) is 4.42 Å². The molecule has 0 saturated heterocycles. The summed E-state index contributed by atoms with van der Waals surface area (Å²) in [6.07, 6.45) is 2.65. The number of carbonyl (C=O) groups is 1. The van der Waals surface area contributed by atoms with E-state index in [1.165, 1.54) is 0 Å². The van der Waals surface area contributed by atoms with E-state index in [0.717, 1.165) is 6.42 Å². The van der Waals surface area contributed by atoms with Crippen molar-refractivity contribution in [3.63, 3.8) is 0 Å². The summed E-state index contributed by atoms with van der Waals surface area (Å²) in [6, 6.07) is 9.20. The molecule has 0 N–H and O–H groups in total. The van der Waals surface area contributed by atoms with Gasteiger partial charge >= 0.3 is 0 Å². The Labute approximate surface area is 94.1 Å². The van der Waals surface area contributed by atoms with Gasteiger partial charge in [0.1, 0.15) is 5.76 Å². The Morgan fingerprint density at radius 2 is 2.06 bits per heavy atom. The average Bonchev–Trinajstić information content (AvgIpc) is 2.78. The lowest BCUT2D eigenvalue weighted by atomic mass is 10.1. The summed E-state index contributed by atoms with van der Waals surface area (Å²) in [5, 5.41) is 0. The minimum Gasteiger partial charge on any atom is -0.445 e. The SMILES string of the molecule is CCc1ncc(CC(=O)c2ccccc2)o1. The molecule has 0 fully saturated rings. The summed E-state index contributed by atoms with van der Waals surface area (Å²) < 4.78 is 5.39. The van der Waals surface area contributed by atoms with Crippen LogP contribution in [0.2, 0.25) is 0 Å². The predicted octanol–water partition coefficient (Wildman–Crippen LogP) is 2.66. The van der Waals surface area contributed by atoms with E-state index in [0.29, 0.717) is 17.2 Å². The lowest BCUT2D eigenvalue weighted by molar-refractivity contribution is 0.0986. The van der Waals surface area contributed by atoms with Gasteiger partial charge in [0.15, 0.2) is 11.7 Å². The maximum atomic E-state index is 11.8. The van der Waals surface area contributed by atoms with Gasteiger partial charge in [0.25, 0.3) is 0 Å². The first-order chi connectivity index (χ1) is 7.79. The van der Waals surface area contributed by atoms with Crippen molar-refractivity contribution in [3.8, 4) is 0 Å². The molecule has 82 valence electrons. The molecule has 0 radical (unpaired) electrons. The van der Waals surface area contributed by atoms with Crippen molar-refractivity contribution >= 4 is 5.78 Å². The molecular formula is C13H13NO2. The molecule has 0 aliphatic heterocycles. The van der Waals surface area contributed by atoms with Crippen LogP contribution >= 0.6 is 0 Å². The van der Waals surface area contributed by atoms with Crippen LogP contribution in [0.3, 0.4) is 0 Å². The van der Waals surface area contributed by atoms with Crippen LogP contribution in [0.15, 0.2) is 40.9 Å². The number of hydrogen-bond acceptors (Lipinski definition) is 3. The smallest absolute Gasteiger partial charge is 0.194 e. The number of hydrogen-bond donors (Lipinski definition) is 0. The van der Waals surface area contributed by atoms with Gasteiger partial charge in [-0.2, -0.15) is 0 Å². The largest absolute Gasteiger partial charge is 0.445 e. The standard InChI is InChI=1S/C13H13NO2/c1-2-13-14-9-11(16-13)8-12(15)10-6-4-3-5-7-10/h3-7,9H,2,8H2,1H3. The number of nitrogens with zero attached hydrogens (tertiary/aromatic N) is 1. The Morgan fingerprint density at radius 3 is 2.69 bits per heavy atom. The minimum absolute atomic E-state index is 0.0550. The van der Waals surface area contributed by atoms with E-state index in [2.05, 4.69) is 4.98 Å². The monoisotopic (exact) mass is 215 g/mol. The van der Waals surface area contributed by atoms with Gasteiger partial charge in [0, 0.05) is 12.0 Å². The molecule has 1 aromatic heterocycles. The van der Waals surface area contributed by atoms with Crippen LogP contribution in [0.25, 0.3) is 0 Å². The molecule has 0 aliphatic rings. The maximum Gasteiger partial charge on any atom is 0.194 e. The molecule has 2 aromatic rings. The van der Waals surface area contributed by atoms with Crippen LogP contribution in [-0.2, 0) is 12.8 Å². The molecule has 0 unspecified atom stereocenters. The highest BCUT2D eigenvalue weighted by Gasteiger charge is 2.10. The van der Waals surface area contributed by atoms with Gasteiger partial charge in [-0.15, -0.1) is 0 Å². The van der Waals surface area contributed by atoms with Crippen LogP contribution in [0.4, 0.5) is 0 Å². The first-order valence-corrected chi connectivity index (χ1v) is 5.31. The third-order valence-corrected chi connectivity index (χ3v) is 2.33. The van der Waals surface area contributed by atoms with Crippen molar-refractivity contribution in [1.82, 2.24) is 4.98 Å². The van der Waals surface area contributed by atoms with Crippen molar-refractivity contribution in [1.29, 1.82) is 0 Å². The Morgan fingerprint density at radius 1 is 1.31 bits per heavy atom. The highest BCUT2D eigenvalue weighted by molar-refractivity contribution is 5.97. The van der Waals surface area contributed by atoms with Gasteiger partial charge in [0.2, 0.25) is 0 Å². The topological polar surface area (TPSA) is 43.1 Å². The zero-order valence-electron chi connectivity index (χ0n) is 9.14. The van der Waals surface area contributed by atoms with Crippen molar-refractivity contribution in [2.75, 3.05) is 0 Å². The molecular weight excluding hydrogens is 202 g/mol. The van der Waals surface area contributed by atoms with Crippen molar-refractivity contribution < 1.29 is 9.21 Å². The fraction of sp³-hybridized carbons (Fsp3) is 0.231. The molecule has 0 aliphatic carbocycles. The van der Waals surface area contributed by atoms with E-state index < -0.39 is 0 Å². The Balaban J connectivity index is 2.08. The van der Waals surface area contributed by atoms with Gasteiger partial charge in [-0.25, -0.2) is 4.98 Å². The Bertz CT molecular complexity index is 474. The lowest BCUT2D eigenvalue weighted by Gasteiger charge is -1.97. The number of Topliss-reactive ketones (excluding diaryl/α,β-unsaturated/α-hetero) is 1. The highest BCUT2D eigenvalue weighted by atomic mass is 16.4. The van der Waals surface area contributed by atoms with Gasteiger partial charge in [-0.3, -0.25) is 4.79 Å². The normalized spacial score (nSPS) is 10.3. The second-order valence-electron chi connectivity index (χ2n) is 3.54. The zero-order valence-corrected chi connectivity index (χ0v) is 9.14. The zero-order chi connectivity index (χ0) is 11.4. The van der Waals surface area contributed by atoms with E-state index in [-0.39, 0.29) is 12.2 Å².